The van der Waals surface area contributed by atoms with E-state index < -0.39 is 11.4 Å². The number of pyridine rings is 1. The van der Waals surface area contributed by atoms with Crippen LogP contribution in [0, 0.1) is 5.41 Å². The van der Waals surface area contributed by atoms with Gasteiger partial charge in [0.25, 0.3) is 0 Å². The van der Waals surface area contributed by atoms with Gasteiger partial charge in [0.15, 0.2) is 0 Å². The highest BCUT2D eigenvalue weighted by atomic mass is 35.5. The Morgan fingerprint density at radius 1 is 1.24 bits per heavy atom. The van der Waals surface area contributed by atoms with Crippen molar-refractivity contribution in [3.05, 3.63) is 64.9 Å². The molecule has 1 fully saturated rings. The lowest BCUT2D eigenvalue weighted by Crippen LogP contribution is -2.17. The summed E-state index contributed by atoms with van der Waals surface area (Å²) in [7, 11) is 0. The summed E-state index contributed by atoms with van der Waals surface area (Å²) in [6, 6.07) is 11.7. The Kier molecular flexibility index (Phi) is 3.46. The monoisotopic (exact) mass is 301 g/mol. The normalized spacial score (nSPS) is 27.3. The van der Waals surface area contributed by atoms with Crippen molar-refractivity contribution < 1.29 is 9.90 Å². The summed E-state index contributed by atoms with van der Waals surface area (Å²) < 4.78 is 0. The number of carbonyl (C=O) groups is 1. The zero-order valence-electron chi connectivity index (χ0n) is 11.7. The van der Waals surface area contributed by atoms with Crippen LogP contribution in [-0.2, 0) is 4.79 Å². The number of hydrogen-bond donors (Lipinski definition) is 1. The van der Waals surface area contributed by atoms with Crippen LogP contribution < -0.4 is 0 Å². The molecule has 0 unspecified atom stereocenters. The van der Waals surface area contributed by atoms with E-state index in [1.165, 1.54) is 0 Å². The third kappa shape index (κ3) is 2.12. The maximum absolute atomic E-state index is 11.9. The molecular weight excluding hydrogens is 286 g/mol. The molecule has 108 valence electrons. The number of nitrogens with zero attached hydrogens (tertiary/aromatic N) is 1. The Morgan fingerprint density at radius 3 is 2.48 bits per heavy atom. The van der Waals surface area contributed by atoms with Gasteiger partial charge in [-0.25, -0.2) is 0 Å². The van der Waals surface area contributed by atoms with Gasteiger partial charge in [0.05, 0.1) is 10.4 Å². The first-order chi connectivity index (χ1) is 10.1. The molecule has 3 rings (SSSR count). The van der Waals surface area contributed by atoms with E-state index in [2.05, 4.69) is 4.98 Å². The van der Waals surface area contributed by atoms with Crippen LogP contribution in [0.15, 0.2) is 48.8 Å². The first kappa shape index (κ1) is 14.1. The first-order valence-electron chi connectivity index (χ1n) is 7.00. The van der Waals surface area contributed by atoms with E-state index in [9.17, 15) is 9.90 Å². The van der Waals surface area contributed by atoms with Crippen LogP contribution >= 0.6 is 11.6 Å². The number of hydrogen-bond acceptors (Lipinski definition) is 2. The molecule has 0 spiro atoms. The molecule has 1 aliphatic carbocycles. The van der Waals surface area contributed by atoms with Crippen molar-refractivity contribution in [1.29, 1.82) is 0 Å². The molecule has 0 amide bonds. The van der Waals surface area contributed by atoms with E-state index in [1.807, 2.05) is 43.3 Å². The van der Waals surface area contributed by atoms with Gasteiger partial charge in [0, 0.05) is 24.2 Å². The highest BCUT2D eigenvalue weighted by Gasteiger charge is 2.69. The van der Waals surface area contributed by atoms with E-state index in [0.717, 1.165) is 11.1 Å². The predicted octanol–water partition coefficient (Wildman–Crippen LogP) is 4.10. The van der Waals surface area contributed by atoms with Crippen LogP contribution in [0.4, 0.5) is 0 Å². The quantitative estimate of drug-likeness (QED) is 0.925. The minimum Gasteiger partial charge on any atom is -0.481 e. The second kappa shape index (κ2) is 5.15. The van der Waals surface area contributed by atoms with Gasteiger partial charge in [-0.3, -0.25) is 9.78 Å². The van der Waals surface area contributed by atoms with Gasteiger partial charge in [-0.15, -0.1) is 0 Å². The smallest absolute Gasteiger partial charge is 0.310 e. The number of benzene rings is 1. The molecule has 1 aromatic heterocycles. The zero-order chi connectivity index (χ0) is 15.0. The molecule has 4 heteroatoms. The minimum absolute atomic E-state index is 0.0264. The summed E-state index contributed by atoms with van der Waals surface area (Å²) in [6.45, 7) is 1.93. The Morgan fingerprint density at radius 2 is 1.90 bits per heavy atom. The summed E-state index contributed by atoms with van der Waals surface area (Å²) in [6.07, 6.45) is 3.88. The second-order valence-electron chi connectivity index (χ2n) is 5.50. The minimum atomic E-state index is -0.756. The topological polar surface area (TPSA) is 50.2 Å². The molecule has 1 N–H and O–H groups in total. The average Bonchev–Trinajstić information content (AvgIpc) is 3.19. The van der Waals surface area contributed by atoms with E-state index in [4.69, 9.17) is 11.6 Å². The molecule has 21 heavy (non-hydrogen) atoms. The fourth-order valence-electron chi connectivity index (χ4n) is 3.54. The van der Waals surface area contributed by atoms with Gasteiger partial charge in [-0.1, -0.05) is 48.9 Å². The summed E-state index contributed by atoms with van der Waals surface area (Å²) in [5, 5.41) is 10.3. The highest BCUT2D eigenvalue weighted by molar-refractivity contribution is 6.30. The largest absolute Gasteiger partial charge is 0.481 e. The molecule has 0 bridgehead atoms. The summed E-state index contributed by atoms with van der Waals surface area (Å²) >= 11 is 6.02. The standard InChI is InChI=1S/C17H16ClNO2/c1-2-17(16(20)21)14(11-6-4-3-5-7-11)15(17)12-8-13(18)10-19-9-12/h3-10,14-15H,2H2,1H3,(H,20,21)/t14-,15-,17+/m0/s1. The highest BCUT2D eigenvalue weighted by Crippen LogP contribution is 2.72. The molecule has 1 saturated carbocycles. The molecule has 1 aromatic carbocycles. The van der Waals surface area contributed by atoms with Crippen LogP contribution in [0.2, 0.25) is 5.02 Å². The van der Waals surface area contributed by atoms with Crippen molar-refractivity contribution in [2.24, 2.45) is 5.41 Å². The maximum Gasteiger partial charge on any atom is 0.310 e. The van der Waals surface area contributed by atoms with Gasteiger partial charge in [-0.2, -0.15) is 0 Å². The molecule has 0 saturated heterocycles. The molecule has 3 atom stereocenters. The lowest BCUT2D eigenvalue weighted by Gasteiger charge is -2.10. The molecular formula is C17H16ClNO2. The van der Waals surface area contributed by atoms with E-state index >= 15 is 0 Å². The number of carboxylic acid groups (broad SMARTS) is 1. The van der Waals surface area contributed by atoms with Crippen molar-refractivity contribution in [1.82, 2.24) is 4.98 Å². The van der Waals surface area contributed by atoms with Crippen LogP contribution in [0.1, 0.15) is 36.3 Å². The van der Waals surface area contributed by atoms with E-state index in [-0.39, 0.29) is 11.8 Å². The lowest BCUT2D eigenvalue weighted by molar-refractivity contribution is -0.143. The van der Waals surface area contributed by atoms with Crippen LogP contribution in [0.3, 0.4) is 0 Å². The summed E-state index contributed by atoms with van der Waals surface area (Å²) in [5.41, 5.74) is 1.21. The lowest BCUT2D eigenvalue weighted by atomic mass is 9.95. The number of rotatable bonds is 4. The molecule has 1 heterocycles. The Balaban J connectivity index is 2.07. The second-order valence-corrected chi connectivity index (χ2v) is 5.94. The Hall–Kier alpha value is -1.87. The summed E-state index contributed by atoms with van der Waals surface area (Å²) in [4.78, 5) is 16.0. The maximum atomic E-state index is 11.9. The van der Waals surface area contributed by atoms with Crippen molar-refractivity contribution in [3.8, 4) is 0 Å². The van der Waals surface area contributed by atoms with Crippen molar-refractivity contribution in [3.63, 3.8) is 0 Å². The molecule has 3 nitrogen and oxygen atoms in total. The van der Waals surface area contributed by atoms with Crippen molar-refractivity contribution >= 4 is 17.6 Å². The van der Waals surface area contributed by atoms with Gasteiger partial charge in [0.2, 0.25) is 0 Å². The third-order valence-corrected chi connectivity index (χ3v) is 4.77. The number of aromatic nitrogens is 1. The molecule has 1 aliphatic rings. The zero-order valence-corrected chi connectivity index (χ0v) is 12.4. The van der Waals surface area contributed by atoms with Gasteiger partial charge in [-0.05, 0) is 23.6 Å². The van der Waals surface area contributed by atoms with Crippen LogP contribution in [0.5, 0.6) is 0 Å². The van der Waals surface area contributed by atoms with E-state index in [0.29, 0.717) is 11.4 Å². The third-order valence-electron chi connectivity index (χ3n) is 4.56. The SMILES string of the molecule is CC[C@@]1(C(=O)O)[C@@H](c2ccccc2)[C@@H]1c1cncc(Cl)c1. The molecule has 2 aromatic rings. The average molecular weight is 302 g/mol. The predicted molar refractivity (Wildman–Crippen MR) is 81.5 cm³/mol. The Bertz CT molecular complexity index is 674. The van der Waals surface area contributed by atoms with Crippen molar-refractivity contribution in [2.45, 2.75) is 25.2 Å². The van der Waals surface area contributed by atoms with Gasteiger partial charge >= 0.3 is 5.97 Å². The number of carboxylic acids is 1. The fourth-order valence-corrected chi connectivity index (χ4v) is 3.72. The first-order valence-corrected chi connectivity index (χ1v) is 7.38. The number of halogens is 1. The van der Waals surface area contributed by atoms with E-state index in [1.54, 1.807) is 12.4 Å². The van der Waals surface area contributed by atoms with Gasteiger partial charge < -0.3 is 5.11 Å². The number of aliphatic carboxylic acids is 1. The van der Waals surface area contributed by atoms with Crippen molar-refractivity contribution in [2.75, 3.05) is 0 Å². The van der Waals surface area contributed by atoms with Crippen LogP contribution in [-0.4, -0.2) is 16.1 Å². The summed E-state index contributed by atoms with van der Waals surface area (Å²) in [5.74, 6) is -0.848. The molecule has 0 radical (unpaired) electrons. The molecule has 0 aliphatic heterocycles. The van der Waals surface area contributed by atoms with Gasteiger partial charge in [0.1, 0.15) is 0 Å². The Labute approximate surface area is 128 Å². The fraction of sp³-hybridized carbons (Fsp3) is 0.294. The van der Waals surface area contributed by atoms with Crippen LogP contribution in [0.25, 0.3) is 0 Å².